The fourth-order valence-electron chi connectivity index (χ4n) is 2.16. The summed E-state index contributed by atoms with van der Waals surface area (Å²) in [5.41, 5.74) is 1.59. The summed E-state index contributed by atoms with van der Waals surface area (Å²) in [7, 11) is 1.24. The Morgan fingerprint density at radius 1 is 1.07 bits per heavy atom. The van der Waals surface area contributed by atoms with Gasteiger partial charge in [0.2, 0.25) is 0 Å². The summed E-state index contributed by atoms with van der Waals surface area (Å²) in [6.45, 7) is 0.448. The molecule has 2 rings (SSSR count). The fourth-order valence-corrected chi connectivity index (χ4v) is 2.16. The van der Waals surface area contributed by atoms with E-state index in [4.69, 9.17) is 9.84 Å². The van der Waals surface area contributed by atoms with E-state index in [1.54, 1.807) is 24.3 Å². The zero-order chi connectivity index (χ0) is 19.5. The summed E-state index contributed by atoms with van der Waals surface area (Å²) in [6.07, 6.45) is 1.09. The minimum Gasteiger partial charge on any atom is -0.491 e. The van der Waals surface area contributed by atoms with E-state index >= 15 is 0 Å². The van der Waals surface area contributed by atoms with Crippen molar-refractivity contribution in [3.63, 3.8) is 0 Å². The van der Waals surface area contributed by atoms with Gasteiger partial charge in [-0.1, -0.05) is 30.3 Å². The Labute approximate surface area is 157 Å². The molecule has 0 unspecified atom stereocenters. The third-order valence-corrected chi connectivity index (χ3v) is 3.50. The molecule has 3 N–H and O–H groups in total. The Balaban J connectivity index is 2.06. The number of aliphatic hydroxyl groups excluding tert-OH is 1. The zero-order valence-electron chi connectivity index (χ0n) is 15.0. The minimum absolute atomic E-state index is 0.0572. The first-order valence-electron chi connectivity index (χ1n) is 8.35. The molecule has 0 spiro atoms. The van der Waals surface area contributed by atoms with Gasteiger partial charge >= 0.3 is 5.97 Å². The standard InChI is InChI=1S/C20H22N2O5/c1-26-19(24)13-18(20(25)21-14-15-5-3-2-4-6-15)22-16-7-9-17(10-8-16)27-12-11-23/h2-10,13,22-23H,11-12,14H2,1H3,(H,21,25)/b18-13-. The second-order valence-electron chi connectivity index (χ2n) is 5.47. The SMILES string of the molecule is COC(=O)/C=C(\Nc1ccc(OCCO)cc1)C(=O)NCc1ccccc1. The smallest absolute Gasteiger partial charge is 0.332 e. The van der Waals surface area contributed by atoms with Crippen LogP contribution in [0.4, 0.5) is 5.69 Å². The lowest BCUT2D eigenvalue weighted by molar-refractivity contribution is -0.135. The number of hydrogen-bond acceptors (Lipinski definition) is 6. The van der Waals surface area contributed by atoms with E-state index in [9.17, 15) is 9.59 Å². The van der Waals surface area contributed by atoms with E-state index in [2.05, 4.69) is 15.4 Å². The largest absolute Gasteiger partial charge is 0.491 e. The number of amides is 1. The zero-order valence-corrected chi connectivity index (χ0v) is 15.0. The maximum Gasteiger partial charge on any atom is 0.332 e. The molecule has 1 amide bonds. The lowest BCUT2D eigenvalue weighted by atomic mass is 10.2. The molecule has 0 saturated heterocycles. The van der Waals surface area contributed by atoms with Crippen LogP contribution in [-0.2, 0) is 20.9 Å². The van der Waals surface area contributed by atoms with Gasteiger partial charge in [-0.2, -0.15) is 0 Å². The predicted molar refractivity (Wildman–Crippen MR) is 101 cm³/mol. The molecular formula is C20H22N2O5. The first kappa shape index (κ1) is 20.0. The van der Waals surface area contributed by atoms with Crippen LogP contribution in [0.15, 0.2) is 66.4 Å². The summed E-state index contributed by atoms with van der Waals surface area (Å²) >= 11 is 0. The number of nitrogens with one attached hydrogen (secondary N) is 2. The van der Waals surface area contributed by atoms with Crippen molar-refractivity contribution >= 4 is 17.6 Å². The van der Waals surface area contributed by atoms with Crippen molar-refractivity contribution in [3.05, 3.63) is 71.9 Å². The molecule has 0 saturated carbocycles. The molecule has 0 aliphatic heterocycles. The van der Waals surface area contributed by atoms with Gasteiger partial charge in [0.1, 0.15) is 18.1 Å². The molecule has 142 valence electrons. The molecule has 2 aromatic rings. The van der Waals surface area contributed by atoms with Crippen LogP contribution in [0.1, 0.15) is 5.56 Å². The van der Waals surface area contributed by atoms with Crippen LogP contribution >= 0.6 is 0 Å². The number of carbonyl (C=O) groups is 2. The number of hydrogen-bond donors (Lipinski definition) is 3. The first-order chi connectivity index (χ1) is 13.1. The van der Waals surface area contributed by atoms with Gasteiger partial charge in [0, 0.05) is 12.2 Å². The molecule has 0 aliphatic rings. The van der Waals surface area contributed by atoms with Crippen LogP contribution in [0, 0.1) is 0 Å². The third kappa shape index (κ3) is 6.83. The molecule has 7 nitrogen and oxygen atoms in total. The van der Waals surface area contributed by atoms with Gasteiger partial charge in [-0.3, -0.25) is 4.79 Å². The molecule has 0 fully saturated rings. The van der Waals surface area contributed by atoms with Crippen LogP contribution in [0.2, 0.25) is 0 Å². The van der Waals surface area contributed by atoms with Crippen LogP contribution in [-0.4, -0.2) is 37.3 Å². The van der Waals surface area contributed by atoms with Crippen molar-refractivity contribution < 1.29 is 24.2 Å². The molecule has 0 bridgehead atoms. The van der Waals surface area contributed by atoms with E-state index in [1.165, 1.54) is 7.11 Å². The molecule has 0 aromatic heterocycles. The summed E-state index contributed by atoms with van der Waals surface area (Å²) in [5.74, 6) is -0.498. The Kier molecular flexibility index (Phi) is 7.87. The van der Waals surface area contributed by atoms with E-state index in [0.29, 0.717) is 18.0 Å². The third-order valence-electron chi connectivity index (χ3n) is 3.50. The summed E-state index contributed by atoms with van der Waals surface area (Å²) in [5, 5.41) is 14.4. The lowest BCUT2D eigenvalue weighted by Gasteiger charge is -2.12. The van der Waals surface area contributed by atoms with Crippen molar-refractivity contribution in [1.82, 2.24) is 5.32 Å². The topological polar surface area (TPSA) is 96.9 Å². The molecule has 7 heteroatoms. The average molecular weight is 370 g/mol. The molecule has 2 aromatic carbocycles. The average Bonchev–Trinajstić information content (AvgIpc) is 2.71. The number of rotatable bonds is 9. The number of benzene rings is 2. The highest BCUT2D eigenvalue weighted by atomic mass is 16.5. The number of aliphatic hydroxyl groups is 1. The Hall–Kier alpha value is -3.32. The highest BCUT2D eigenvalue weighted by Crippen LogP contribution is 2.17. The molecule has 0 heterocycles. The lowest BCUT2D eigenvalue weighted by Crippen LogP contribution is -2.28. The summed E-state index contributed by atoms with van der Waals surface area (Å²) in [4.78, 5) is 24.1. The van der Waals surface area contributed by atoms with Crippen LogP contribution in [0.3, 0.4) is 0 Å². The number of anilines is 1. The van der Waals surface area contributed by atoms with E-state index in [-0.39, 0.29) is 18.9 Å². The molecule has 27 heavy (non-hydrogen) atoms. The van der Waals surface area contributed by atoms with Crippen LogP contribution < -0.4 is 15.4 Å². The van der Waals surface area contributed by atoms with Crippen molar-refractivity contribution in [3.8, 4) is 5.75 Å². The van der Waals surface area contributed by atoms with Gasteiger partial charge in [-0.25, -0.2) is 4.79 Å². The second-order valence-corrected chi connectivity index (χ2v) is 5.47. The minimum atomic E-state index is -0.643. The van der Waals surface area contributed by atoms with Gasteiger partial charge < -0.3 is 25.2 Å². The molecule has 0 atom stereocenters. The predicted octanol–water partition coefficient (Wildman–Crippen LogP) is 1.84. The van der Waals surface area contributed by atoms with Gasteiger partial charge in [0.25, 0.3) is 5.91 Å². The number of carbonyl (C=O) groups excluding carboxylic acids is 2. The highest BCUT2D eigenvalue weighted by Gasteiger charge is 2.12. The monoisotopic (exact) mass is 370 g/mol. The quantitative estimate of drug-likeness (QED) is 0.460. The van der Waals surface area contributed by atoms with E-state index < -0.39 is 11.9 Å². The number of esters is 1. The van der Waals surface area contributed by atoms with E-state index in [1.807, 2.05) is 30.3 Å². The second kappa shape index (κ2) is 10.6. The van der Waals surface area contributed by atoms with Gasteiger partial charge in [-0.15, -0.1) is 0 Å². The molecular weight excluding hydrogens is 348 g/mol. The number of ether oxygens (including phenoxy) is 2. The Bertz CT molecular complexity index is 773. The van der Waals surface area contributed by atoms with Gasteiger partial charge in [-0.05, 0) is 29.8 Å². The normalized spacial score (nSPS) is 10.8. The Morgan fingerprint density at radius 3 is 2.41 bits per heavy atom. The molecule has 0 aliphatic carbocycles. The van der Waals surface area contributed by atoms with Crippen LogP contribution in [0.5, 0.6) is 5.75 Å². The van der Waals surface area contributed by atoms with Gasteiger partial charge in [0.05, 0.1) is 19.8 Å². The molecule has 0 radical (unpaired) electrons. The summed E-state index contributed by atoms with van der Waals surface area (Å²) < 4.78 is 9.90. The fraction of sp³-hybridized carbons (Fsp3) is 0.200. The maximum absolute atomic E-state index is 12.5. The van der Waals surface area contributed by atoms with Crippen molar-refractivity contribution in [1.29, 1.82) is 0 Å². The Morgan fingerprint density at radius 2 is 1.78 bits per heavy atom. The van der Waals surface area contributed by atoms with Crippen LogP contribution in [0.25, 0.3) is 0 Å². The van der Waals surface area contributed by atoms with Crippen molar-refractivity contribution in [2.45, 2.75) is 6.54 Å². The van der Waals surface area contributed by atoms with E-state index in [0.717, 1.165) is 11.6 Å². The maximum atomic E-state index is 12.5. The first-order valence-corrected chi connectivity index (χ1v) is 8.35. The summed E-state index contributed by atoms with van der Waals surface area (Å²) in [6, 6.07) is 16.2. The van der Waals surface area contributed by atoms with Crippen molar-refractivity contribution in [2.24, 2.45) is 0 Å². The number of methoxy groups -OCH3 is 1. The highest BCUT2D eigenvalue weighted by molar-refractivity contribution is 6.01. The van der Waals surface area contributed by atoms with Crippen molar-refractivity contribution in [2.75, 3.05) is 25.6 Å². The van der Waals surface area contributed by atoms with Gasteiger partial charge in [0.15, 0.2) is 0 Å².